The number of nitrogens with two attached hydrogens (primary N) is 1. The molecule has 1 aromatic heterocycles. The first-order valence-corrected chi connectivity index (χ1v) is 29.0. The van der Waals surface area contributed by atoms with Crippen molar-refractivity contribution in [2.45, 2.75) is 151 Å². The molecule has 8 amide bonds. The Kier molecular flexibility index (Phi) is 24.7. The van der Waals surface area contributed by atoms with E-state index < -0.39 is 177 Å². The van der Waals surface area contributed by atoms with Gasteiger partial charge in [-0.3, -0.25) is 43.4 Å². The number of phenolic OH excluding ortho intramolecular Hbond substituents is 1. The summed E-state index contributed by atoms with van der Waals surface area (Å²) in [6.45, 7) is 0.816. The topological polar surface area (TPSA) is 470 Å². The molecule has 13 unspecified atom stereocenters. The van der Waals surface area contributed by atoms with Gasteiger partial charge in [-0.05, 0) is 98.8 Å². The monoisotopic (exact) mass is 1270 g/mol. The number of carbonyl (C=O) groups is 8. The van der Waals surface area contributed by atoms with Gasteiger partial charge < -0.3 is 96.5 Å². The van der Waals surface area contributed by atoms with Crippen molar-refractivity contribution in [2.75, 3.05) is 19.6 Å². The number of primary amides is 1. The van der Waals surface area contributed by atoms with Gasteiger partial charge in [0.25, 0.3) is 18.2 Å². The fourth-order valence-electron chi connectivity index (χ4n) is 10.9. The van der Waals surface area contributed by atoms with Crippen molar-refractivity contribution < 1.29 is 132 Å². The van der Waals surface area contributed by atoms with Crippen LogP contribution in [0, 0.1) is 5.92 Å². The number of hydrogen-bond donors (Lipinski definition) is 13. The number of rotatable bonds is 17. The summed E-state index contributed by atoms with van der Waals surface area (Å²) >= 11 is -0.00773. The zero-order valence-electron chi connectivity index (χ0n) is 48.5. The van der Waals surface area contributed by atoms with E-state index in [2.05, 4.69) is 46.2 Å². The molecule has 33 heteroatoms. The number of benzene rings is 3. The molecule has 4 heterocycles. The maximum atomic E-state index is 14.7. The van der Waals surface area contributed by atoms with Gasteiger partial charge in [0.1, 0.15) is 42.0 Å². The molecule has 1 aliphatic carbocycles. The molecule has 31 nitrogen and oxygen atoms in total. The molecule has 0 spiro atoms. The number of ether oxygens (including phenoxy) is 1. The SMILES string of the molecule is CC(O)C1NC(=O)C(NC(=O)c2ccc(-c3nnc(-c4ccc(OC5CCCCC5)cc4)o3)cc2)CC(O)CNC(=O)C2C(O)C(C)CN2C(=O)C(C(O)CC(N)=O)NC(=O)C(C(O)Cc2ccc(O)c(OSOO[O-])c2)NC(=O)C2CC(O)CN2C1=O.[Na+]. The van der Waals surface area contributed by atoms with Gasteiger partial charge in [-0.2, -0.15) is 0 Å². The summed E-state index contributed by atoms with van der Waals surface area (Å²) in [6, 6.07) is 4.64. The van der Waals surface area contributed by atoms with Crippen molar-refractivity contribution in [1.29, 1.82) is 0 Å². The van der Waals surface area contributed by atoms with Gasteiger partial charge in [-0.25, -0.2) is 0 Å². The number of nitrogens with one attached hydrogen (secondary N) is 5. The average molecular weight is 1270 g/mol. The minimum absolute atomic E-state index is 0. The Morgan fingerprint density at radius 1 is 0.787 bits per heavy atom. The predicted molar refractivity (Wildman–Crippen MR) is 300 cm³/mol. The molecule has 0 radical (unpaired) electrons. The molecule has 4 fully saturated rings. The van der Waals surface area contributed by atoms with Crippen LogP contribution < -0.4 is 76.1 Å². The summed E-state index contributed by atoms with van der Waals surface area (Å²) in [5.41, 5.74) is 6.45. The molecule has 0 bridgehead atoms. The third-order valence-electron chi connectivity index (χ3n) is 15.6. The normalized spacial score (nSPS) is 26.2. The van der Waals surface area contributed by atoms with Gasteiger partial charge in [-0.1, -0.05) is 19.4 Å². The van der Waals surface area contributed by atoms with Crippen molar-refractivity contribution in [2.24, 2.45) is 11.7 Å². The zero-order chi connectivity index (χ0) is 63.5. The van der Waals surface area contributed by atoms with E-state index >= 15 is 0 Å². The maximum absolute atomic E-state index is 14.7. The second-order valence-electron chi connectivity index (χ2n) is 22.2. The number of hydrogen-bond acceptors (Lipinski definition) is 24. The van der Waals surface area contributed by atoms with Crippen LogP contribution in [0.1, 0.15) is 81.1 Å². The number of aromatic hydroxyl groups is 1. The Morgan fingerprint density at radius 3 is 2.06 bits per heavy atom. The van der Waals surface area contributed by atoms with Crippen molar-refractivity contribution in [3.63, 3.8) is 0 Å². The third kappa shape index (κ3) is 17.7. The van der Waals surface area contributed by atoms with Crippen molar-refractivity contribution in [3.05, 3.63) is 77.9 Å². The van der Waals surface area contributed by atoms with Crippen LogP contribution in [0.5, 0.6) is 17.2 Å². The molecule has 1 saturated carbocycles. The molecule has 3 aromatic carbocycles. The second kappa shape index (κ2) is 31.6. The first-order chi connectivity index (χ1) is 42.0. The quantitative estimate of drug-likeness (QED) is 0.0154. The van der Waals surface area contributed by atoms with Crippen LogP contribution in [0.15, 0.2) is 71.1 Å². The van der Waals surface area contributed by atoms with Crippen molar-refractivity contribution in [3.8, 4) is 40.2 Å². The number of aliphatic hydroxyl groups excluding tert-OH is 6. The number of amides is 8. The first kappa shape index (κ1) is 69.4. The standard InChI is InChI=1S/C56H70N10O21S.Na/c1-26-24-66-46(47(26)74)52(79)58-23-32(68)20-36(59-48(75)29-9-11-30(12-10-29)53-63-64-54(84-53)31-13-15-35(16-14-31)83-34-6-4-3-5-7-34)49(76)60-43(27(2)67)55(80)65-25-33(69)21-37(65)50(77)61-44(51(78)62-45(56(66)81)40(72)22-42(57)73)39(71)18-28-8-17-38(70)41(19-28)85-88-87-86-82;/h8-17,19,26-27,32-34,36-37,39-40,43-47,67-72,74,82H,3-7,18,20-25H2,1-2H3,(H2,57,73)(H,58,79)(H,59,75)(H,60,76)(H,61,77)(H,62,78);/q;+1/p-1. The van der Waals surface area contributed by atoms with E-state index in [0.29, 0.717) is 16.9 Å². The zero-order valence-corrected chi connectivity index (χ0v) is 51.4. The van der Waals surface area contributed by atoms with Crippen molar-refractivity contribution >= 4 is 59.6 Å². The number of fused-ring (bicyclic) bond motifs is 2. The van der Waals surface area contributed by atoms with E-state index in [0.717, 1.165) is 54.5 Å². The van der Waals surface area contributed by atoms with Gasteiger partial charge in [0, 0.05) is 61.5 Å². The molecule has 3 aliphatic heterocycles. The van der Waals surface area contributed by atoms with Crippen LogP contribution in [0.2, 0.25) is 0 Å². The number of nitrogens with zero attached hydrogens (tertiary/aromatic N) is 4. The fraction of sp³-hybridized carbons (Fsp3) is 0.500. The summed E-state index contributed by atoms with van der Waals surface area (Å²) in [5, 5.41) is 112. The molecular formula is C56H69N10NaO21S. The van der Waals surface area contributed by atoms with E-state index in [-0.39, 0.29) is 76.6 Å². The Labute approximate surface area is 534 Å². The summed E-state index contributed by atoms with van der Waals surface area (Å²) in [6.07, 6.45) is -8.16. The summed E-state index contributed by atoms with van der Waals surface area (Å²) < 4.78 is 21.2. The molecular weight excluding hydrogens is 1200 g/mol. The fourth-order valence-corrected chi connectivity index (χ4v) is 11.2. The van der Waals surface area contributed by atoms with Crippen molar-refractivity contribution in [1.82, 2.24) is 46.6 Å². The van der Waals surface area contributed by atoms with Crippen LogP contribution in [0.3, 0.4) is 0 Å². The van der Waals surface area contributed by atoms with Gasteiger partial charge >= 0.3 is 29.6 Å². The van der Waals surface area contributed by atoms with Gasteiger partial charge in [0.2, 0.25) is 53.1 Å². The summed E-state index contributed by atoms with van der Waals surface area (Å²) in [5.74, 6) is -10.2. The maximum Gasteiger partial charge on any atom is 1.00 e. The van der Waals surface area contributed by atoms with Gasteiger partial charge in [0.05, 0.1) is 49.1 Å². The largest absolute Gasteiger partial charge is 1.00 e. The predicted octanol–water partition coefficient (Wildman–Crippen LogP) is -6.19. The van der Waals surface area contributed by atoms with Crippen LogP contribution in [0.4, 0.5) is 0 Å². The van der Waals surface area contributed by atoms with Crippen LogP contribution in [-0.2, 0) is 49.4 Å². The Hall–Kier alpha value is -7.05. The van der Waals surface area contributed by atoms with E-state index in [1.165, 1.54) is 43.7 Å². The molecule has 8 rings (SSSR count). The van der Waals surface area contributed by atoms with Crippen LogP contribution >= 0.6 is 12.3 Å². The number of aliphatic hydroxyl groups is 6. The Balaban J connectivity index is 0.0000113. The number of aromatic nitrogens is 2. The van der Waals surface area contributed by atoms with Gasteiger partial charge in [0.15, 0.2) is 11.5 Å². The van der Waals surface area contributed by atoms with Gasteiger partial charge in [-0.15, -0.1) is 14.5 Å². The third-order valence-corrected chi connectivity index (χ3v) is 15.9. The molecule has 4 aliphatic rings. The van der Waals surface area contributed by atoms with Crippen LogP contribution in [0.25, 0.3) is 22.9 Å². The Morgan fingerprint density at radius 2 is 1.42 bits per heavy atom. The molecule has 13 atom stereocenters. The van der Waals surface area contributed by atoms with Crippen LogP contribution in [-0.4, -0.2) is 202 Å². The molecule has 3 saturated heterocycles. The number of phenols is 1. The summed E-state index contributed by atoms with van der Waals surface area (Å²) in [7, 11) is 0. The molecule has 14 N–H and O–H groups in total. The molecule has 4 aromatic rings. The summed E-state index contributed by atoms with van der Waals surface area (Å²) in [4.78, 5) is 115. The number of carbonyl (C=O) groups excluding carboxylic acids is 8. The minimum Gasteiger partial charge on any atom is -0.691 e. The first-order valence-electron chi connectivity index (χ1n) is 28.3. The molecule has 89 heavy (non-hydrogen) atoms. The number of β-amino-alcohol motifs (C(OH)–C–C–N with tert-alkyl or cyclic N) is 1. The smallest absolute Gasteiger partial charge is 0.691 e. The average Bonchev–Trinajstić information content (AvgIpc) is 2.60. The second-order valence-corrected chi connectivity index (χ2v) is 22.6. The van der Waals surface area contributed by atoms with E-state index in [9.17, 15) is 79.4 Å². The Bertz CT molecular complexity index is 3140. The minimum atomic E-state index is -2.23. The molecule has 476 valence electrons. The van der Waals surface area contributed by atoms with E-state index in [4.69, 9.17) is 19.1 Å². The van der Waals surface area contributed by atoms with E-state index in [1.807, 2.05) is 12.1 Å². The van der Waals surface area contributed by atoms with E-state index in [1.54, 1.807) is 12.1 Å².